The first-order chi connectivity index (χ1) is 10.2. The standard InChI is InChI=1S/C15H15N3O2S/c16-15(21)12-3-1-2-4-13(12)20-10-14(19)18-9-11-5-7-17-8-6-11/h1-8H,9-10H2,(H2,16,21)(H,18,19). The van der Waals surface area contributed by atoms with Crippen LogP contribution in [0.3, 0.4) is 0 Å². The minimum Gasteiger partial charge on any atom is -0.483 e. The maximum Gasteiger partial charge on any atom is 0.258 e. The van der Waals surface area contributed by atoms with E-state index in [-0.39, 0.29) is 17.5 Å². The maximum absolute atomic E-state index is 11.8. The summed E-state index contributed by atoms with van der Waals surface area (Å²) in [5.41, 5.74) is 7.19. The molecule has 0 aliphatic heterocycles. The van der Waals surface area contributed by atoms with Crippen molar-refractivity contribution in [2.75, 3.05) is 6.61 Å². The van der Waals surface area contributed by atoms with Crippen LogP contribution < -0.4 is 15.8 Å². The van der Waals surface area contributed by atoms with Gasteiger partial charge in [0.15, 0.2) is 6.61 Å². The Hall–Kier alpha value is -2.47. The van der Waals surface area contributed by atoms with Gasteiger partial charge in [-0.1, -0.05) is 24.4 Å². The van der Waals surface area contributed by atoms with Crippen LogP contribution in [-0.2, 0) is 11.3 Å². The minimum absolute atomic E-state index is 0.0925. The van der Waals surface area contributed by atoms with E-state index in [4.69, 9.17) is 22.7 Å². The second-order valence-corrected chi connectivity index (χ2v) is 4.72. The Morgan fingerprint density at radius 2 is 1.95 bits per heavy atom. The van der Waals surface area contributed by atoms with E-state index in [1.165, 1.54) is 0 Å². The Balaban J connectivity index is 1.86. The van der Waals surface area contributed by atoms with Gasteiger partial charge in [-0.2, -0.15) is 0 Å². The summed E-state index contributed by atoms with van der Waals surface area (Å²) in [5, 5.41) is 2.76. The second-order valence-electron chi connectivity index (χ2n) is 4.28. The fourth-order valence-corrected chi connectivity index (χ4v) is 1.86. The second kappa shape index (κ2) is 7.35. The molecular formula is C15H15N3O2S. The summed E-state index contributed by atoms with van der Waals surface area (Å²) in [6.45, 7) is 0.340. The lowest BCUT2D eigenvalue weighted by atomic mass is 10.2. The highest BCUT2D eigenvalue weighted by atomic mass is 32.1. The Bertz CT molecular complexity index is 632. The smallest absolute Gasteiger partial charge is 0.258 e. The highest BCUT2D eigenvalue weighted by molar-refractivity contribution is 7.80. The molecule has 1 aromatic carbocycles. The van der Waals surface area contributed by atoms with Gasteiger partial charge in [0.2, 0.25) is 0 Å². The van der Waals surface area contributed by atoms with Crippen molar-refractivity contribution in [3.63, 3.8) is 0 Å². The lowest BCUT2D eigenvalue weighted by Gasteiger charge is -2.10. The number of nitrogens with zero attached hydrogens (tertiary/aromatic N) is 1. The Morgan fingerprint density at radius 1 is 1.24 bits per heavy atom. The third-order valence-electron chi connectivity index (χ3n) is 2.75. The monoisotopic (exact) mass is 301 g/mol. The number of amides is 1. The van der Waals surface area contributed by atoms with Crippen LogP contribution in [0.15, 0.2) is 48.8 Å². The van der Waals surface area contributed by atoms with Crippen LogP contribution >= 0.6 is 12.2 Å². The number of thiocarbonyl (C=S) groups is 1. The van der Waals surface area contributed by atoms with Crippen LogP contribution in [0.5, 0.6) is 5.75 Å². The number of ether oxygens (including phenoxy) is 1. The minimum atomic E-state index is -0.218. The topological polar surface area (TPSA) is 77.2 Å². The zero-order valence-electron chi connectivity index (χ0n) is 11.3. The predicted octanol–water partition coefficient (Wildman–Crippen LogP) is 1.41. The average molecular weight is 301 g/mol. The number of nitrogens with two attached hydrogens (primary N) is 1. The highest BCUT2D eigenvalue weighted by Gasteiger charge is 2.08. The molecule has 0 bridgehead atoms. The van der Waals surface area contributed by atoms with Gasteiger partial charge in [-0.05, 0) is 29.8 Å². The first-order valence-electron chi connectivity index (χ1n) is 6.34. The molecule has 1 heterocycles. The molecule has 5 nitrogen and oxygen atoms in total. The molecular weight excluding hydrogens is 286 g/mol. The molecule has 0 saturated carbocycles. The summed E-state index contributed by atoms with van der Waals surface area (Å²) < 4.78 is 5.46. The fourth-order valence-electron chi connectivity index (χ4n) is 1.69. The van der Waals surface area contributed by atoms with Gasteiger partial charge in [-0.3, -0.25) is 9.78 Å². The van der Waals surface area contributed by atoms with Gasteiger partial charge in [0, 0.05) is 18.9 Å². The summed E-state index contributed by atoms with van der Waals surface area (Å²) in [6, 6.07) is 10.8. The molecule has 0 radical (unpaired) electrons. The summed E-state index contributed by atoms with van der Waals surface area (Å²) in [5.74, 6) is 0.286. The number of carbonyl (C=O) groups is 1. The fraction of sp³-hybridized carbons (Fsp3) is 0.133. The lowest BCUT2D eigenvalue weighted by Crippen LogP contribution is -2.28. The molecule has 2 aromatic rings. The summed E-state index contributed by atoms with van der Waals surface area (Å²) in [7, 11) is 0. The van der Waals surface area contributed by atoms with E-state index in [0.717, 1.165) is 5.56 Å². The summed E-state index contributed by atoms with van der Waals surface area (Å²) in [4.78, 5) is 15.9. The van der Waals surface area contributed by atoms with Crippen molar-refractivity contribution in [2.45, 2.75) is 6.54 Å². The molecule has 108 valence electrons. The third-order valence-corrected chi connectivity index (χ3v) is 2.97. The van der Waals surface area contributed by atoms with Crippen LogP contribution in [0, 0.1) is 0 Å². The van der Waals surface area contributed by atoms with E-state index >= 15 is 0 Å². The molecule has 2 rings (SSSR count). The molecule has 0 aliphatic rings. The van der Waals surface area contributed by atoms with Gasteiger partial charge in [0.25, 0.3) is 5.91 Å². The van der Waals surface area contributed by atoms with E-state index in [9.17, 15) is 4.79 Å². The van der Waals surface area contributed by atoms with Crippen molar-refractivity contribution in [1.82, 2.24) is 10.3 Å². The van der Waals surface area contributed by atoms with Crippen molar-refractivity contribution < 1.29 is 9.53 Å². The predicted molar refractivity (Wildman–Crippen MR) is 83.9 cm³/mol. The largest absolute Gasteiger partial charge is 0.483 e. The molecule has 0 unspecified atom stereocenters. The van der Waals surface area contributed by atoms with Crippen LogP contribution in [0.1, 0.15) is 11.1 Å². The van der Waals surface area contributed by atoms with E-state index in [2.05, 4.69) is 10.3 Å². The average Bonchev–Trinajstić information content (AvgIpc) is 2.52. The van der Waals surface area contributed by atoms with Gasteiger partial charge in [0.1, 0.15) is 10.7 Å². The van der Waals surface area contributed by atoms with Crippen LogP contribution in [-0.4, -0.2) is 22.5 Å². The highest BCUT2D eigenvalue weighted by Crippen LogP contribution is 2.17. The number of para-hydroxylation sites is 1. The Kier molecular flexibility index (Phi) is 5.22. The number of nitrogens with one attached hydrogen (secondary N) is 1. The Morgan fingerprint density at radius 3 is 2.67 bits per heavy atom. The number of hydrogen-bond acceptors (Lipinski definition) is 4. The van der Waals surface area contributed by atoms with Gasteiger partial charge in [-0.25, -0.2) is 0 Å². The van der Waals surface area contributed by atoms with Gasteiger partial charge < -0.3 is 15.8 Å². The zero-order valence-corrected chi connectivity index (χ0v) is 12.1. The molecule has 1 aromatic heterocycles. The quantitative estimate of drug-likeness (QED) is 0.789. The third kappa shape index (κ3) is 4.54. The van der Waals surface area contributed by atoms with Crippen molar-refractivity contribution in [3.05, 3.63) is 59.9 Å². The van der Waals surface area contributed by atoms with Crippen molar-refractivity contribution in [2.24, 2.45) is 5.73 Å². The number of hydrogen-bond donors (Lipinski definition) is 2. The van der Waals surface area contributed by atoms with E-state index < -0.39 is 0 Å². The molecule has 0 spiro atoms. The summed E-state index contributed by atoms with van der Waals surface area (Å²) >= 11 is 4.94. The SMILES string of the molecule is NC(=S)c1ccccc1OCC(=O)NCc1ccncc1. The number of pyridine rings is 1. The first kappa shape index (κ1) is 14.9. The molecule has 3 N–H and O–H groups in total. The van der Waals surface area contributed by atoms with E-state index in [1.807, 2.05) is 18.2 Å². The zero-order chi connectivity index (χ0) is 15.1. The molecule has 21 heavy (non-hydrogen) atoms. The van der Waals surface area contributed by atoms with Crippen LogP contribution in [0.2, 0.25) is 0 Å². The lowest BCUT2D eigenvalue weighted by molar-refractivity contribution is -0.123. The molecule has 6 heteroatoms. The molecule has 0 atom stereocenters. The number of rotatable bonds is 6. The first-order valence-corrected chi connectivity index (χ1v) is 6.75. The number of carbonyl (C=O) groups excluding carboxylic acids is 1. The van der Waals surface area contributed by atoms with Gasteiger partial charge in [0.05, 0.1) is 5.56 Å². The number of aromatic nitrogens is 1. The molecule has 0 aliphatic carbocycles. The molecule has 1 amide bonds. The van der Waals surface area contributed by atoms with Crippen LogP contribution in [0.4, 0.5) is 0 Å². The van der Waals surface area contributed by atoms with E-state index in [1.54, 1.807) is 30.6 Å². The van der Waals surface area contributed by atoms with Crippen LogP contribution in [0.25, 0.3) is 0 Å². The molecule has 0 fully saturated rings. The Labute approximate surface area is 128 Å². The maximum atomic E-state index is 11.8. The van der Waals surface area contributed by atoms with Crippen molar-refractivity contribution >= 4 is 23.1 Å². The molecule has 0 saturated heterocycles. The van der Waals surface area contributed by atoms with Crippen molar-refractivity contribution in [3.8, 4) is 5.75 Å². The van der Waals surface area contributed by atoms with E-state index in [0.29, 0.717) is 17.9 Å². The van der Waals surface area contributed by atoms with Crippen molar-refractivity contribution in [1.29, 1.82) is 0 Å². The van der Waals surface area contributed by atoms with Gasteiger partial charge in [-0.15, -0.1) is 0 Å². The normalized spacial score (nSPS) is 9.90. The summed E-state index contributed by atoms with van der Waals surface area (Å²) in [6.07, 6.45) is 3.35. The number of benzene rings is 1. The van der Waals surface area contributed by atoms with Gasteiger partial charge >= 0.3 is 0 Å².